The number of fused-ring (bicyclic) bond motifs is 6. The van der Waals surface area contributed by atoms with E-state index >= 15 is 0 Å². The van der Waals surface area contributed by atoms with E-state index in [9.17, 15) is 0 Å². The predicted molar refractivity (Wildman–Crippen MR) is 148 cm³/mol. The molecule has 5 heteroatoms. The fraction of sp³-hybridized carbons (Fsp3) is 0.286. The molecule has 6 rings (SSSR count). The van der Waals surface area contributed by atoms with Crippen LogP contribution in [0, 0.1) is 5.92 Å². The number of hydrogen-bond acceptors (Lipinski definition) is 5. The molecule has 4 heterocycles. The maximum Gasteiger partial charge on any atom is 0.116 e. The van der Waals surface area contributed by atoms with E-state index in [0.29, 0.717) is 5.92 Å². The van der Waals surface area contributed by atoms with Crippen molar-refractivity contribution in [1.29, 1.82) is 0 Å². The molecule has 6 aromatic rings. The Morgan fingerprint density at radius 1 is 0.909 bits per heavy atom. The van der Waals surface area contributed by atoms with Crippen LogP contribution in [0.2, 0.25) is 0 Å². The Balaban J connectivity index is 1.67. The number of nitrogens with zero attached hydrogens (tertiary/aromatic N) is 2. The van der Waals surface area contributed by atoms with Crippen LogP contribution in [0.25, 0.3) is 51.7 Å². The van der Waals surface area contributed by atoms with Crippen LogP contribution in [0.4, 0.5) is 0 Å². The van der Waals surface area contributed by atoms with Crippen LogP contribution in [0.1, 0.15) is 45.7 Å². The second kappa shape index (κ2) is 7.59. The molecule has 4 aromatic heterocycles. The van der Waals surface area contributed by atoms with Crippen molar-refractivity contribution in [3.8, 4) is 11.3 Å². The quantitative estimate of drug-likeness (QED) is 0.249. The van der Waals surface area contributed by atoms with Gasteiger partial charge in [-0.15, -0.1) is 34.0 Å². The summed E-state index contributed by atoms with van der Waals surface area (Å²) in [7, 11) is 0. The van der Waals surface area contributed by atoms with Gasteiger partial charge in [0.15, 0.2) is 0 Å². The average molecular weight is 487 g/mol. The molecule has 0 radical (unpaired) electrons. The van der Waals surface area contributed by atoms with Crippen LogP contribution in [-0.4, -0.2) is 9.97 Å². The zero-order valence-electron chi connectivity index (χ0n) is 19.5. The van der Waals surface area contributed by atoms with Crippen LogP contribution < -0.4 is 0 Å². The van der Waals surface area contributed by atoms with Gasteiger partial charge in [0, 0.05) is 30.4 Å². The fourth-order valence-electron chi connectivity index (χ4n) is 4.83. The van der Waals surface area contributed by atoms with Crippen LogP contribution >= 0.6 is 34.0 Å². The first-order valence-corrected chi connectivity index (χ1v) is 14.0. The second-order valence-electron chi connectivity index (χ2n) is 10.3. The molecule has 0 saturated carbocycles. The summed E-state index contributed by atoms with van der Waals surface area (Å²) < 4.78 is 5.23. The molecule has 166 valence electrons. The zero-order chi connectivity index (χ0) is 22.9. The summed E-state index contributed by atoms with van der Waals surface area (Å²) in [6.07, 6.45) is 2.85. The summed E-state index contributed by atoms with van der Waals surface area (Å²) >= 11 is 5.52. The summed E-state index contributed by atoms with van der Waals surface area (Å²) in [6, 6.07) is 11.4. The van der Waals surface area contributed by atoms with Crippen molar-refractivity contribution >= 4 is 74.5 Å². The molecule has 0 spiro atoms. The average Bonchev–Trinajstić information content (AvgIpc) is 3.47. The highest BCUT2D eigenvalue weighted by atomic mass is 32.1. The van der Waals surface area contributed by atoms with Crippen molar-refractivity contribution in [3.63, 3.8) is 0 Å². The highest BCUT2D eigenvalue weighted by molar-refractivity contribution is 7.26. The van der Waals surface area contributed by atoms with E-state index in [1.54, 1.807) is 6.33 Å². The van der Waals surface area contributed by atoms with E-state index in [2.05, 4.69) is 75.7 Å². The topological polar surface area (TPSA) is 25.8 Å². The summed E-state index contributed by atoms with van der Waals surface area (Å²) in [4.78, 5) is 9.67. The molecule has 0 aliphatic carbocycles. The maximum absolute atomic E-state index is 4.84. The largest absolute Gasteiger partial charge is 0.235 e. The maximum atomic E-state index is 4.84. The molecule has 33 heavy (non-hydrogen) atoms. The van der Waals surface area contributed by atoms with Gasteiger partial charge in [-0.05, 0) is 75.4 Å². The monoisotopic (exact) mass is 486 g/mol. The molecular formula is C28H26N2S3. The number of hydrogen-bond donors (Lipinski definition) is 0. The van der Waals surface area contributed by atoms with Crippen molar-refractivity contribution in [2.75, 3.05) is 0 Å². The lowest BCUT2D eigenvalue weighted by Gasteiger charge is -2.21. The van der Waals surface area contributed by atoms with Crippen molar-refractivity contribution in [3.05, 3.63) is 58.5 Å². The Labute approximate surface area is 205 Å². The third-order valence-corrected chi connectivity index (χ3v) is 9.40. The number of benzene rings is 2. The summed E-state index contributed by atoms with van der Waals surface area (Å²) in [5.74, 6) is 0.626. The highest BCUT2D eigenvalue weighted by Crippen LogP contribution is 2.45. The summed E-state index contributed by atoms with van der Waals surface area (Å²) in [5, 5.41) is 8.54. The van der Waals surface area contributed by atoms with Gasteiger partial charge in [-0.1, -0.05) is 34.6 Å². The number of rotatable bonds is 3. The Kier molecular flexibility index (Phi) is 4.88. The van der Waals surface area contributed by atoms with Gasteiger partial charge in [0.1, 0.15) is 6.33 Å². The summed E-state index contributed by atoms with van der Waals surface area (Å²) in [5.41, 5.74) is 6.24. The first kappa shape index (κ1) is 21.2. The van der Waals surface area contributed by atoms with Gasteiger partial charge < -0.3 is 0 Å². The minimum atomic E-state index is 0.0695. The van der Waals surface area contributed by atoms with Gasteiger partial charge in [-0.25, -0.2) is 9.97 Å². The van der Waals surface area contributed by atoms with Gasteiger partial charge >= 0.3 is 0 Å². The molecular weight excluding hydrogens is 461 g/mol. The molecule has 0 unspecified atom stereocenters. The molecule has 0 fully saturated rings. The second-order valence-corrected chi connectivity index (χ2v) is 13.2. The van der Waals surface area contributed by atoms with E-state index in [0.717, 1.165) is 17.6 Å². The van der Waals surface area contributed by atoms with Crippen LogP contribution in [0.15, 0.2) is 47.4 Å². The normalized spacial score (nSPS) is 12.8. The minimum Gasteiger partial charge on any atom is -0.235 e. The Morgan fingerprint density at radius 3 is 2.52 bits per heavy atom. The molecule has 0 aliphatic rings. The van der Waals surface area contributed by atoms with E-state index in [4.69, 9.17) is 9.97 Å². The van der Waals surface area contributed by atoms with Crippen molar-refractivity contribution < 1.29 is 0 Å². The smallest absolute Gasteiger partial charge is 0.116 e. The van der Waals surface area contributed by atoms with Crippen LogP contribution in [0.5, 0.6) is 0 Å². The third kappa shape index (κ3) is 3.40. The van der Waals surface area contributed by atoms with E-state index < -0.39 is 0 Å². The molecule has 0 amide bonds. The summed E-state index contributed by atoms with van der Waals surface area (Å²) in [6.45, 7) is 11.5. The van der Waals surface area contributed by atoms with Crippen LogP contribution in [0.3, 0.4) is 0 Å². The zero-order valence-corrected chi connectivity index (χ0v) is 22.0. The third-order valence-electron chi connectivity index (χ3n) is 6.29. The Morgan fingerprint density at radius 2 is 1.73 bits per heavy atom. The SMILES string of the molecule is CC(C)Cc1csc2ccc3sc4c(-c5cc(C(C)(C)C)c6sccc6c5)ncnc4c3c12. The predicted octanol–water partition coefficient (Wildman–Crippen LogP) is 9.44. The first-order valence-electron chi connectivity index (χ1n) is 11.4. The van der Waals surface area contributed by atoms with Gasteiger partial charge in [-0.2, -0.15) is 0 Å². The molecule has 0 saturated heterocycles. The lowest BCUT2D eigenvalue weighted by atomic mass is 9.85. The van der Waals surface area contributed by atoms with Gasteiger partial charge in [-0.3, -0.25) is 0 Å². The lowest BCUT2D eigenvalue weighted by Crippen LogP contribution is -2.11. The van der Waals surface area contributed by atoms with Gasteiger partial charge in [0.2, 0.25) is 0 Å². The Bertz CT molecular complexity index is 1660. The van der Waals surface area contributed by atoms with Crippen molar-refractivity contribution in [1.82, 2.24) is 9.97 Å². The van der Waals surface area contributed by atoms with Gasteiger partial charge in [0.05, 0.1) is 15.9 Å². The Hall–Kier alpha value is -2.34. The molecule has 2 nitrogen and oxygen atoms in total. The fourth-order valence-corrected chi connectivity index (χ4v) is 8.09. The standard InChI is InChI=1S/C28H26N2S3/c1-15(2)10-18-13-32-20-6-7-21-23(22(18)20)25-27(33-21)24(29-14-30-25)17-11-16-8-9-31-26(16)19(12-17)28(3,4)5/h6-9,11-15H,10H2,1-5H3. The van der Waals surface area contributed by atoms with E-state index in [1.807, 2.05) is 34.0 Å². The number of aromatic nitrogens is 2. The molecule has 2 aromatic carbocycles. The molecule has 0 N–H and O–H groups in total. The van der Waals surface area contributed by atoms with Crippen molar-refractivity contribution in [2.45, 2.75) is 46.5 Å². The molecule has 0 bridgehead atoms. The van der Waals surface area contributed by atoms with Crippen LogP contribution in [-0.2, 0) is 11.8 Å². The molecule has 0 aliphatic heterocycles. The first-order chi connectivity index (χ1) is 15.8. The van der Waals surface area contributed by atoms with Crippen molar-refractivity contribution in [2.24, 2.45) is 5.92 Å². The van der Waals surface area contributed by atoms with E-state index in [1.165, 1.54) is 51.6 Å². The number of thiophene rings is 3. The highest BCUT2D eigenvalue weighted by Gasteiger charge is 2.22. The van der Waals surface area contributed by atoms with Gasteiger partial charge in [0.25, 0.3) is 0 Å². The van der Waals surface area contributed by atoms with E-state index in [-0.39, 0.29) is 5.41 Å². The lowest BCUT2D eigenvalue weighted by molar-refractivity contribution is 0.597. The molecule has 0 atom stereocenters. The minimum absolute atomic E-state index is 0.0695.